The van der Waals surface area contributed by atoms with E-state index in [0.717, 1.165) is 17.4 Å². The van der Waals surface area contributed by atoms with Crippen LogP contribution < -0.4 is 0 Å². The zero-order valence-electron chi connectivity index (χ0n) is 6.07. The van der Waals surface area contributed by atoms with Gasteiger partial charge in [-0.15, -0.1) is 0 Å². The van der Waals surface area contributed by atoms with Crippen molar-refractivity contribution in [2.24, 2.45) is 0 Å². The van der Waals surface area contributed by atoms with E-state index >= 15 is 0 Å². The van der Waals surface area contributed by atoms with Crippen molar-refractivity contribution in [2.45, 2.75) is 6.92 Å². The summed E-state index contributed by atoms with van der Waals surface area (Å²) in [5, 5.41) is 8.26. The Morgan fingerprint density at radius 1 is 1.73 bits per heavy atom. The summed E-state index contributed by atoms with van der Waals surface area (Å²) in [5.74, 6) is -0.182. The fourth-order valence-corrected chi connectivity index (χ4v) is 0.719. The van der Waals surface area contributed by atoms with Gasteiger partial charge in [-0.25, -0.2) is 4.79 Å². The van der Waals surface area contributed by atoms with Crippen molar-refractivity contribution < 1.29 is 14.3 Å². The van der Waals surface area contributed by atoms with E-state index in [0.29, 0.717) is 0 Å². The molecule has 3 nitrogen and oxygen atoms in total. The first kappa shape index (κ1) is 7.60. The first-order chi connectivity index (χ1) is 5.18. The van der Waals surface area contributed by atoms with Crippen LogP contribution in [-0.2, 0) is 4.79 Å². The van der Waals surface area contributed by atoms with Crippen LogP contribution in [0.15, 0.2) is 22.8 Å². The molecule has 0 saturated heterocycles. The van der Waals surface area contributed by atoms with Gasteiger partial charge < -0.3 is 9.52 Å². The van der Waals surface area contributed by atoms with Crippen LogP contribution in [0.1, 0.15) is 11.3 Å². The van der Waals surface area contributed by atoms with Gasteiger partial charge in [0.05, 0.1) is 6.26 Å². The minimum absolute atomic E-state index is 0.768. The highest BCUT2D eigenvalue weighted by atomic mass is 16.4. The van der Waals surface area contributed by atoms with E-state index in [1.165, 1.54) is 12.3 Å². The van der Waals surface area contributed by atoms with Crippen LogP contribution in [0.4, 0.5) is 0 Å². The van der Waals surface area contributed by atoms with Gasteiger partial charge in [-0.1, -0.05) is 0 Å². The third kappa shape index (κ3) is 2.29. The van der Waals surface area contributed by atoms with E-state index < -0.39 is 5.97 Å². The van der Waals surface area contributed by atoms with E-state index in [2.05, 4.69) is 0 Å². The Morgan fingerprint density at radius 2 is 2.45 bits per heavy atom. The van der Waals surface area contributed by atoms with Gasteiger partial charge in [-0.05, 0) is 19.1 Å². The number of rotatable bonds is 2. The standard InChI is InChI=1S/C8H8O3/c1-6-4-7(5-11-6)2-3-8(9)10/h2-5H,1H3,(H,9,10)/b3-2+. The van der Waals surface area contributed by atoms with Gasteiger partial charge in [0, 0.05) is 11.6 Å². The van der Waals surface area contributed by atoms with E-state index in [1.54, 1.807) is 13.0 Å². The van der Waals surface area contributed by atoms with E-state index in [4.69, 9.17) is 9.52 Å². The van der Waals surface area contributed by atoms with E-state index in [-0.39, 0.29) is 0 Å². The molecule has 1 aromatic rings. The molecule has 11 heavy (non-hydrogen) atoms. The molecule has 0 atom stereocenters. The molecule has 0 aliphatic rings. The lowest BCUT2D eigenvalue weighted by Crippen LogP contribution is -1.84. The average Bonchev–Trinajstić information content (AvgIpc) is 2.31. The maximum Gasteiger partial charge on any atom is 0.328 e. The van der Waals surface area contributed by atoms with E-state index in [9.17, 15) is 4.79 Å². The van der Waals surface area contributed by atoms with Crippen molar-refractivity contribution in [3.05, 3.63) is 29.7 Å². The van der Waals surface area contributed by atoms with Crippen molar-refractivity contribution in [3.63, 3.8) is 0 Å². The highest BCUT2D eigenvalue weighted by molar-refractivity contribution is 5.85. The number of furan rings is 1. The second-order valence-corrected chi connectivity index (χ2v) is 2.16. The lowest BCUT2D eigenvalue weighted by Gasteiger charge is -1.78. The molecule has 1 N–H and O–H groups in total. The van der Waals surface area contributed by atoms with Crippen molar-refractivity contribution in [2.75, 3.05) is 0 Å². The summed E-state index contributed by atoms with van der Waals surface area (Å²) in [7, 11) is 0. The van der Waals surface area contributed by atoms with Crippen LogP contribution in [0.2, 0.25) is 0 Å². The van der Waals surface area contributed by atoms with Crippen molar-refractivity contribution in [1.82, 2.24) is 0 Å². The molecular weight excluding hydrogens is 144 g/mol. The summed E-state index contributed by atoms with van der Waals surface area (Å²) in [4.78, 5) is 10.1. The molecule has 0 aliphatic heterocycles. The monoisotopic (exact) mass is 152 g/mol. The largest absolute Gasteiger partial charge is 0.478 e. The second-order valence-electron chi connectivity index (χ2n) is 2.16. The third-order valence-corrected chi connectivity index (χ3v) is 1.17. The van der Waals surface area contributed by atoms with Gasteiger partial charge in [0.25, 0.3) is 0 Å². The lowest BCUT2D eigenvalue weighted by atomic mass is 10.3. The molecule has 0 radical (unpaired) electrons. The number of carboxylic acid groups (broad SMARTS) is 1. The zero-order valence-corrected chi connectivity index (χ0v) is 6.07. The topological polar surface area (TPSA) is 50.4 Å². The predicted octanol–water partition coefficient (Wildman–Crippen LogP) is 1.69. The highest BCUT2D eigenvalue weighted by Crippen LogP contribution is 2.07. The lowest BCUT2D eigenvalue weighted by molar-refractivity contribution is -0.131. The quantitative estimate of drug-likeness (QED) is 0.656. The molecule has 0 bridgehead atoms. The summed E-state index contributed by atoms with van der Waals surface area (Å²) in [5.41, 5.74) is 0.768. The number of aliphatic carboxylic acids is 1. The molecule has 1 heterocycles. The molecule has 0 saturated carbocycles. The summed E-state index contributed by atoms with van der Waals surface area (Å²) < 4.78 is 4.95. The average molecular weight is 152 g/mol. The number of hydrogen-bond acceptors (Lipinski definition) is 2. The minimum Gasteiger partial charge on any atom is -0.478 e. The van der Waals surface area contributed by atoms with Crippen LogP contribution in [0.5, 0.6) is 0 Å². The van der Waals surface area contributed by atoms with Crippen LogP contribution >= 0.6 is 0 Å². The Labute approximate surface area is 64.0 Å². The molecular formula is C8H8O3. The fraction of sp³-hybridized carbons (Fsp3) is 0.125. The van der Waals surface area contributed by atoms with Gasteiger partial charge in [0.1, 0.15) is 5.76 Å². The van der Waals surface area contributed by atoms with Gasteiger partial charge in [0.2, 0.25) is 0 Å². The Bertz CT molecular complexity index is 283. The Kier molecular flexibility index (Phi) is 2.11. The Hall–Kier alpha value is -1.51. The molecule has 0 amide bonds. The smallest absolute Gasteiger partial charge is 0.328 e. The zero-order chi connectivity index (χ0) is 8.27. The normalized spacial score (nSPS) is 10.6. The fourth-order valence-electron chi connectivity index (χ4n) is 0.719. The molecule has 1 rings (SSSR count). The first-order valence-electron chi connectivity index (χ1n) is 3.14. The van der Waals surface area contributed by atoms with Crippen LogP contribution in [0.3, 0.4) is 0 Å². The Balaban J connectivity index is 2.71. The van der Waals surface area contributed by atoms with Gasteiger partial charge in [-0.2, -0.15) is 0 Å². The second kappa shape index (κ2) is 3.05. The van der Waals surface area contributed by atoms with Crippen LogP contribution in [-0.4, -0.2) is 11.1 Å². The number of aryl methyl sites for hydroxylation is 1. The van der Waals surface area contributed by atoms with Gasteiger partial charge in [-0.3, -0.25) is 0 Å². The summed E-state index contributed by atoms with van der Waals surface area (Å²) in [6.07, 6.45) is 4.07. The summed E-state index contributed by atoms with van der Waals surface area (Å²) >= 11 is 0. The molecule has 0 spiro atoms. The maximum absolute atomic E-state index is 10.1. The molecule has 3 heteroatoms. The van der Waals surface area contributed by atoms with Crippen molar-refractivity contribution in [1.29, 1.82) is 0 Å². The maximum atomic E-state index is 10.1. The van der Waals surface area contributed by atoms with Crippen LogP contribution in [0, 0.1) is 6.92 Å². The Morgan fingerprint density at radius 3 is 2.91 bits per heavy atom. The number of carboxylic acids is 1. The number of carbonyl (C=O) groups is 1. The predicted molar refractivity (Wildman–Crippen MR) is 40.1 cm³/mol. The van der Waals surface area contributed by atoms with Gasteiger partial charge >= 0.3 is 5.97 Å². The minimum atomic E-state index is -0.955. The molecule has 58 valence electrons. The SMILES string of the molecule is Cc1cc(/C=C/C(=O)O)co1. The molecule has 0 aromatic carbocycles. The molecule has 1 aromatic heterocycles. The van der Waals surface area contributed by atoms with Crippen LogP contribution in [0.25, 0.3) is 6.08 Å². The van der Waals surface area contributed by atoms with Crippen molar-refractivity contribution >= 4 is 12.0 Å². The summed E-state index contributed by atoms with van der Waals surface area (Å²) in [6.45, 7) is 1.80. The van der Waals surface area contributed by atoms with Gasteiger partial charge in [0.15, 0.2) is 0 Å². The highest BCUT2D eigenvalue weighted by Gasteiger charge is 1.92. The molecule has 0 aliphatic carbocycles. The third-order valence-electron chi connectivity index (χ3n) is 1.17. The molecule has 0 unspecified atom stereocenters. The first-order valence-corrected chi connectivity index (χ1v) is 3.14. The molecule has 0 fully saturated rings. The number of hydrogen-bond donors (Lipinski definition) is 1. The summed E-state index contributed by atoms with van der Waals surface area (Å²) in [6, 6.07) is 1.76. The van der Waals surface area contributed by atoms with E-state index in [1.807, 2.05) is 0 Å². The van der Waals surface area contributed by atoms with Crippen molar-refractivity contribution in [3.8, 4) is 0 Å².